The summed E-state index contributed by atoms with van der Waals surface area (Å²) in [6.45, 7) is 9.57. The number of benzene rings is 1. The molecule has 1 aromatic carbocycles. The molecule has 2 aromatic heterocycles. The van der Waals surface area contributed by atoms with Gasteiger partial charge in [0.1, 0.15) is 25.3 Å². The van der Waals surface area contributed by atoms with Crippen molar-refractivity contribution in [3.63, 3.8) is 0 Å². The lowest BCUT2D eigenvalue weighted by Gasteiger charge is -2.18. The smallest absolute Gasteiger partial charge is 0.329 e. The van der Waals surface area contributed by atoms with Crippen LogP contribution >= 0.6 is 0 Å². The molecule has 2 N–H and O–H groups in total. The zero-order chi connectivity index (χ0) is 32.9. The lowest BCUT2D eigenvalue weighted by molar-refractivity contribution is -0.149. The molecule has 14 nitrogen and oxygen atoms in total. The molecule has 0 saturated carbocycles. The SMILES string of the molecule is CC(=O)NCCOC(=O)C(CC(C)C)n1c(=O)c2cc3c(=O)n(C(CC(C)C)C(=O)OCCNC(C)=O)c(=O)c3cc2c1=O. The number of ether oxygens (including phenoxy) is 2. The summed E-state index contributed by atoms with van der Waals surface area (Å²) in [4.78, 5) is 102. The maximum Gasteiger partial charge on any atom is 0.329 e. The summed E-state index contributed by atoms with van der Waals surface area (Å²) >= 11 is 0. The van der Waals surface area contributed by atoms with E-state index in [4.69, 9.17) is 9.47 Å². The molecule has 2 unspecified atom stereocenters. The Labute approximate surface area is 252 Å². The Balaban J connectivity index is 2.09. The Kier molecular flexibility index (Phi) is 11.0. The van der Waals surface area contributed by atoms with Crippen molar-refractivity contribution in [3.8, 4) is 0 Å². The number of carbonyl (C=O) groups excluding carboxylic acids is 4. The van der Waals surface area contributed by atoms with Crippen LogP contribution in [0.4, 0.5) is 0 Å². The Morgan fingerprint density at radius 2 is 0.909 bits per heavy atom. The van der Waals surface area contributed by atoms with Crippen LogP contribution in [-0.2, 0) is 28.7 Å². The number of hydrogen-bond donors (Lipinski definition) is 2. The number of amides is 2. The first-order valence-electron chi connectivity index (χ1n) is 14.4. The van der Waals surface area contributed by atoms with E-state index >= 15 is 0 Å². The molecule has 14 heteroatoms. The summed E-state index contributed by atoms with van der Waals surface area (Å²) in [5, 5.41) is 4.34. The fourth-order valence-electron chi connectivity index (χ4n) is 5.03. The number of fused-ring (bicyclic) bond motifs is 2. The van der Waals surface area contributed by atoms with Gasteiger partial charge >= 0.3 is 11.9 Å². The number of nitrogens with zero attached hydrogens (tertiary/aromatic N) is 2. The molecular formula is C30H38N4O10. The first-order chi connectivity index (χ1) is 20.6. The first kappa shape index (κ1) is 33.9. The second-order valence-electron chi connectivity index (χ2n) is 11.5. The number of esters is 2. The Morgan fingerprint density at radius 1 is 0.614 bits per heavy atom. The molecule has 0 aliphatic heterocycles. The van der Waals surface area contributed by atoms with Crippen LogP contribution in [0.2, 0.25) is 0 Å². The summed E-state index contributed by atoms with van der Waals surface area (Å²) in [7, 11) is 0. The zero-order valence-electron chi connectivity index (χ0n) is 25.7. The van der Waals surface area contributed by atoms with Crippen molar-refractivity contribution >= 4 is 45.3 Å². The summed E-state index contributed by atoms with van der Waals surface area (Å²) in [5.74, 6) is -2.54. The van der Waals surface area contributed by atoms with E-state index in [0.717, 1.165) is 21.3 Å². The van der Waals surface area contributed by atoms with Gasteiger partial charge in [-0.2, -0.15) is 0 Å². The van der Waals surface area contributed by atoms with Gasteiger partial charge in [0.05, 0.1) is 34.6 Å². The van der Waals surface area contributed by atoms with Crippen LogP contribution in [0.25, 0.3) is 21.5 Å². The molecule has 0 aliphatic rings. The second-order valence-corrected chi connectivity index (χ2v) is 11.5. The van der Waals surface area contributed by atoms with Crippen molar-refractivity contribution in [3.05, 3.63) is 53.5 Å². The average Bonchev–Trinajstić information content (AvgIpc) is 3.32. The van der Waals surface area contributed by atoms with Crippen LogP contribution in [0.5, 0.6) is 0 Å². The fraction of sp³-hybridized carbons (Fsp3) is 0.533. The van der Waals surface area contributed by atoms with Crippen LogP contribution in [-0.4, -0.2) is 59.2 Å². The van der Waals surface area contributed by atoms with Gasteiger partial charge in [-0.15, -0.1) is 0 Å². The van der Waals surface area contributed by atoms with Gasteiger partial charge in [-0.05, 0) is 36.8 Å². The van der Waals surface area contributed by atoms with E-state index in [2.05, 4.69) is 10.6 Å². The van der Waals surface area contributed by atoms with Crippen molar-refractivity contribution in [1.29, 1.82) is 0 Å². The van der Waals surface area contributed by atoms with E-state index in [9.17, 15) is 38.4 Å². The molecule has 3 rings (SSSR count). The summed E-state index contributed by atoms with van der Waals surface area (Å²) < 4.78 is 12.0. The van der Waals surface area contributed by atoms with Gasteiger partial charge in [0.2, 0.25) is 11.8 Å². The summed E-state index contributed by atoms with van der Waals surface area (Å²) in [6, 6.07) is -0.261. The maximum atomic E-state index is 13.5. The largest absolute Gasteiger partial charge is 0.462 e. The molecule has 0 bridgehead atoms. The van der Waals surface area contributed by atoms with Crippen molar-refractivity contribution in [2.45, 2.75) is 66.5 Å². The van der Waals surface area contributed by atoms with E-state index in [1.165, 1.54) is 13.8 Å². The molecule has 2 atom stereocenters. The highest BCUT2D eigenvalue weighted by Crippen LogP contribution is 2.23. The number of hydrogen-bond acceptors (Lipinski definition) is 10. The molecule has 0 spiro atoms. The van der Waals surface area contributed by atoms with Crippen molar-refractivity contribution in [1.82, 2.24) is 19.8 Å². The third-order valence-corrected chi connectivity index (χ3v) is 6.95. The number of aromatic nitrogens is 2. The lowest BCUT2D eigenvalue weighted by atomic mass is 10.0. The van der Waals surface area contributed by atoms with Crippen molar-refractivity contribution in [2.75, 3.05) is 26.3 Å². The van der Waals surface area contributed by atoms with Crippen molar-refractivity contribution in [2.24, 2.45) is 11.8 Å². The highest BCUT2D eigenvalue weighted by atomic mass is 16.5. The molecular weight excluding hydrogens is 576 g/mol. The summed E-state index contributed by atoms with van der Waals surface area (Å²) in [5.41, 5.74) is -3.31. The topological polar surface area (TPSA) is 189 Å². The minimum atomic E-state index is -1.28. The van der Waals surface area contributed by atoms with Crippen LogP contribution in [0.3, 0.4) is 0 Å². The molecule has 2 heterocycles. The Morgan fingerprint density at radius 3 is 1.16 bits per heavy atom. The molecule has 0 saturated heterocycles. The number of rotatable bonds is 14. The van der Waals surface area contributed by atoms with Crippen LogP contribution < -0.4 is 32.9 Å². The van der Waals surface area contributed by atoms with Crippen LogP contribution in [0.1, 0.15) is 66.5 Å². The lowest BCUT2D eigenvalue weighted by Crippen LogP contribution is -2.37. The zero-order valence-corrected chi connectivity index (χ0v) is 25.7. The fourth-order valence-corrected chi connectivity index (χ4v) is 5.03. The van der Waals surface area contributed by atoms with Gasteiger partial charge in [0.15, 0.2) is 0 Å². The van der Waals surface area contributed by atoms with E-state index < -0.39 is 46.3 Å². The van der Waals surface area contributed by atoms with Crippen LogP contribution in [0, 0.1) is 11.8 Å². The molecule has 0 fully saturated rings. The normalized spacial score (nSPS) is 12.9. The highest BCUT2D eigenvalue weighted by molar-refractivity contribution is 5.98. The standard InChI is InChI=1S/C30H38N4O10/c1-15(2)11-23(29(41)43-9-7-31-17(5)35)33-25(37)19-13-21-22(14-20(19)26(33)38)28(40)34(27(21)39)24(12-16(3)4)30(42)44-10-8-32-18(6)36/h13-16,23-24H,7-12H2,1-6H3,(H,31,35)(H,32,36). The predicted octanol–water partition coefficient (Wildman–Crippen LogP) is 0.445. The molecule has 238 valence electrons. The Hall–Kier alpha value is -4.62. The molecule has 3 aromatic rings. The minimum Gasteiger partial charge on any atom is -0.462 e. The number of carbonyl (C=O) groups is 4. The molecule has 0 radical (unpaired) electrons. The van der Waals surface area contributed by atoms with E-state index in [-0.39, 0.29) is 84.3 Å². The number of nitrogens with one attached hydrogen (secondary N) is 2. The maximum absolute atomic E-state index is 13.5. The van der Waals surface area contributed by atoms with Gasteiger partial charge in [0, 0.05) is 13.8 Å². The third-order valence-electron chi connectivity index (χ3n) is 6.95. The van der Waals surface area contributed by atoms with Crippen LogP contribution in [0.15, 0.2) is 31.3 Å². The van der Waals surface area contributed by atoms with Gasteiger partial charge in [-0.3, -0.25) is 37.9 Å². The van der Waals surface area contributed by atoms with Gasteiger partial charge < -0.3 is 20.1 Å². The van der Waals surface area contributed by atoms with E-state index in [0.29, 0.717) is 0 Å². The third kappa shape index (κ3) is 7.47. The summed E-state index contributed by atoms with van der Waals surface area (Å²) in [6.07, 6.45) is 0.188. The minimum absolute atomic E-state index is 0.0473. The monoisotopic (exact) mass is 614 g/mol. The quantitative estimate of drug-likeness (QED) is 0.190. The predicted molar refractivity (Wildman–Crippen MR) is 161 cm³/mol. The average molecular weight is 615 g/mol. The van der Waals surface area contributed by atoms with E-state index in [1.54, 1.807) is 27.7 Å². The molecule has 44 heavy (non-hydrogen) atoms. The van der Waals surface area contributed by atoms with Crippen molar-refractivity contribution < 1.29 is 28.7 Å². The first-order valence-corrected chi connectivity index (χ1v) is 14.4. The van der Waals surface area contributed by atoms with E-state index in [1.807, 2.05) is 0 Å². The van der Waals surface area contributed by atoms with Gasteiger partial charge in [0.25, 0.3) is 22.2 Å². The Bertz CT molecular complexity index is 1570. The molecule has 0 aliphatic carbocycles. The molecule has 2 amide bonds. The van der Waals surface area contributed by atoms with Gasteiger partial charge in [-0.1, -0.05) is 27.7 Å². The van der Waals surface area contributed by atoms with Gasteiger partial charge in [-0.25, -0.2) is 9.59 Å². The second kappa shape index (κ2) is 14.2. The highest BCUT2D eigenvalue weighted by Gasteiger charge is 2.32.